The van der Waals surface area contributed by atoms with E-state index in [1.807, 2.05) is 12.1 Å². The van der Waals surface area contributed by atoms with Gasteiger partial charge in [0.1, 0.15) is 0 Å². The van der Waals surface area contributed by atoms with Crippen LogP contribution in [0.3, 0.4) is 0 Å². The lowest BCUT2D eigenvalue weighted by molar-refractivity contribution is -0.384. The molecule has 1 saturated heterocycles. The van der Waals surface area contributed by atoms with E-state index in [-0.39, 0.29) is 10.6 Å². The number of nitrogens with zero attached hydrogens (tertiary/aromatic N) is 3. The molecule has 0 unspecified atom stereocenters. The molecule has 1 aromatic carbocycles. The molecule has 102 valence electrons. The molecule has 1 spiro atoms. The van der Waals surface area contributed by atoms with Crippen molar-refractivity contribution in [2.45, 2.75) is 18.9 Å². The molecule has 0 aromatic heterocycles. The Balaban J connectivity index is 1.58. The Labute approximate surface area is 113 Å². The summed E-state index contributed by atoms with van der Waals surface area (Å²) in [5, 5.41) is 10.6. The van der Waals surface area contributed by atoms with Crippen LogP contribution in [0.25, 0.3) is 0 Å². The van der Waals surface area contributed by atoms with Crippen LogP contribution in [-0.4, -0.2) is 43.0 Å². The molecule has 0 bridgehead atoms. The summed E-state index contributed by atoms with van der Waals surface area (Å²) in [6, 6.07) is 7.62. The first kappa shape index (κ1) is 12.4. The maximum atomic E-state index is 10.6. The second kappa shape index (κ2) is 4.20. The molecule has 0 radical (unpaired) electrons. The fourth-order valence-corrected chi connectivity index (χ4v) is 3.29. The number of hydrogen-bond donors (Lipinski definition) is 0. The van der Waals surface area contributed by atoms with Crippen LogP contribution in [-0.2, 0) is 0 Å². The third kappa shape index (κ3) is 2.08. The van der Waals surface area contributed by atoms with Crippen LogP contribution in [0.15, 0.2) is 24.3 Å². The van der Waals surface area contributed by atoms with Gasteiger partial charge < -0.3 is 9.80 Å². The maximum Gasteiger partial charge on any atom is 0.269 e. The lowest BCUT2D eigenvalue weighted by Gasteiger charge is -2.61. The Morgan fingerprint density at radius 3 is 2.32 bits per heavy atom. The highest BCUT2D eigenvalue weighted by Crippen LogP contribution is 2.50. The molecular weight excluding hydrogens is 242 g/mol. The van der Waals surface area contributed by atoms with Crippen molar-refractivity contribution in [2.75, 3.05) is 32.1 Å². The molecule has 19 heavy (non-hydrogen) atoms. The van der Waals surface area contributed by atoms with Gasteiger partial charge in [-0.25, -0.2) is 0 Å². The SMILES string of the molecule is CN(C)C1CC2(C1)CN(c1ccc([N+](=O)[O-])cc1)C2. The smallest absolute Gasteiger partial charge is 0.269 e. The van der Waals surface area contributed by atoms with E-state index in [1.54, 1.807) is 12.1 Å². The lowest BCUT2D eigenvalue weighted by Crippen LogP contribution is -2.66. The van der Waals surface area contributed by atoms with Crippen molar-refractivity contribution in [1.82, 2.24) is 4.90 Å². The summed E-state index contributed by atoms with van der Waals surface area (Å²) in [7, 11) is 4.29. The van der Waals surface area contributed by atoms with Crippen LogP contribution in [0.1, 0.15) is 12.8 Å². The minimum atomic E-state index is -0.352. The molecule has 5 nitrogen and oxygen atoms in total. The zero-order valence-corrected chi connectivity index (χ0v) is 11.4. The van der Waals surface area contributed by atoms with E-state index in [0.29, 0.717) is 5.41 Å². The molecule has 3 rings (SSSR count). The molecule has 0 N–H and O–H groups in total. The lowest BCUT2D eigenvalue weighted by atomic mass is 9.60. The van der Waals surface area contributed by atoms with Gasteiger partial charge >= 0.3 is 0 Å². The first-order valence-electron chi connectivity index (χ1n) is 6.65. The van der Waals surface area contributed by atoms with Crippen molar-refractivity contribution < 1.29 is 4.92 Å². The Morgan fingerprint density at radius 2 is 1.84 bits per heavy atom. The minimum absolute atomic E-state index is 0.162. The van der Waals surface area contributed by atoms with Crippen LogP contribution in [0, 0.1) is 15.5 Å². The molecule has 2 aliphatic rings. The molecule has 1 heterocycles. The van der Waals surface area contributed by atoms with E-state index >= 15 is 0 Å². The molecule has 1 aliphatic heterocycles. The van der Waals surface area contributed by atoms with Crippen LogP contribution < -0.4 is 4.90 Å². The standard InChI is InChI=1S/C14H19N3O2/c1-15(2)13-7-14(8-13)9-16(10-14)11-3-5-12(6-4-11)17(18)19/h3-6,13H,7-10H2,1-2H3. The van der Waals surface area contributed by atoms with E-state index < -0.39 is 0 Å². The summed E-state index contributed by atoms with van der Waals surface area (Å²) in [5.41, 5.74) is 1.77. The number of nitro benzene ring substituents is 1. The van der Waals surface area contributed by atoms with Gasteiger partial charge in [-0.2, -0.15) is 0 Å². The number of benzene rings is 1. The first-order chi connectivity index (χ1) is 8.99. The van der Waals surface area contributed by atoms with Crippen molar-refractivity contribution in [2.24, 2.45) is 5.41 Å². The Kier molecular flexibility index (Phi) is 2.74. The highest BCUT2D eigenvalue weighted by molar-refractivity contribution is 5.53. The second-order valence-corrected chi connectivity index (χ2v) is 6.16. The largest absolute Gasteiger partial charge is 0.370 e. The van der Waals surface area contributed by atoms with Gasteiger partial charge in [0.05, 0.1) is 4.92 Å². The third-order valence-electron chi connectivity index (χ3n) is 4.55. The highest BCUT2D eigenvalue weighted by Gasteiger charge is 2.52. The average Bonchev–Trinajstić information content (AvgIpc) is 2.25. The molecule has 5 heteroatoms. The molecule has 1 aromatic rings. The van der Waals surface area contributed by atoms with E-state index in [2.05, 4.69) is 23.9 Å². The number of rotatable bonds is 3. The molecule has 0 amide bonds. The van der Waals surface area contributed by atoms with Crippen molar-refractivity contribution >= 4 is 11.4 Å². The van der Waals surface area contributed by atoms with E-state index in [1.165, 1.54) is 12.8 Å². The van der Waals surface area contributed by atoms with E-state index in [9.17, 15) is 10.1 Å². The zero-order valence-electron chi connectivity index (χ0n) is 11.4. The molecular formula is C14H19N3O2. The topological polar surface area (TPSA) is 49.6 Å². The molecule has 0 atom stereocenters. The van der Waals surface area contributed by atoms with Crippen LogP contribution in [0.5, 0.6) is 0 Å². The highest BCUT2D eigenvalue weighted by atomic mass is 16.6. The van der Waals surface area contributed by atoms with Crippen LogP contribution >= 0.6 is 0 Å². The van der Waals surface area contributed by atoms with Crippen molar-refractivity contribution in [3.05, 3.63) is 34.4 Å². The summed E-state index contributed by atoms with van der Waals surface area (Å²) < 4.78 is 0. The Hall–Kier alpha value is -1.62. The van der Waals surface area contributed by atoms with Gasteiger partial charge in [0, 0.05) is 42.4 Å². The second-order valence-electron chi connectivity index (χ2n) is 6.16. The van der Waals surface area contributed by atoms with Gasteiger partial charge in [-0.05, 0) is 39.1 Å². The quantitative estimate of drug-likeness (QED) is 0.618. The zero-order chi connectivity index (χ0) is 13.6. The van der Waals surface area contributed by atoms with E-state index in [4.69, 9.17) is 0 Å². The monoisotopic (exact) mass is 261 g/mol. The maximum absolute atomic E-state index is 10.6. The summed E-state index contributed by atoms with van der Waals surface area (Å²) in [6.45, 7) is 2.18. The minimum Gasteiger partial charge on any atom is -0.370 e. The number of hydrogen-bond acceptors (Lipinski definition) is 4. The summed E-state index contributed by atoms with van der Waals surface area (Å²) >= 11 is 0. The fourth-order valence-electron chi connectivity index (χ4n) is 3.29. The third-order valence-corrected chi connectivity index (χ3v) is 4.55. The Morgan fingerprint density at radius 1 is 1.26 bits per heavy atom. The van der Waals surface area contributed by atoms with Gasteiger partial charge in [0.25, 0.3) is 5.69 Å². The number of anilines is 1. The number of nitro groups is 1. The van der Waals surface area contributed by atoms with Gasteiger partial charge in [0.15, 0.2) is 0 Å². The van der Waals surface area contributed by atoms with Gasteiger partial charge in [-0.15, -0.1) is 0 Å². The van der Waals surface area contributed by atoms with Crippen LogP contribution in [0.4, 0.5) is 11.4 Å². The molecule has 2 fully saturated rings. The molecule has 1 aliphatic carbocycles. The van der Waals surface area contributed by atoms with Gasteiger partial charge in [-0.3, -0.25) is 10.1 Å². The van der Waals surface area contributed by atoms with Crippen LogP contribution in [0.2, 0.25) is 0 Å². The van der Waals surface area contributed by atoms with Crippen molar-refractivity contribution in [3.63, 3.8) is 0 Å². The Bertz CT molecular complexity index is 484. The summed E-state index contributed by atoms with van der Waals surface area (Å²) in [4.78, 5) is 14.9. The van der Waals surface area contributed by atoms with Crippen molar-refractivity contribution in [3.8, 4) is 0 Å². The summed E-state index contributed by atoms with van der Waals surface area (Å²) in [6.07, 6.45) is 2.56. The predicted molar refractivity (Wildman–Crippen MR) is 74.5 cm³/mol. The average molecular weight is 261 g/mol. The van der Waals surface area contributed by atoms with Gasteiger partial charge in [0.2, 0.25) is 0 Å². The van der Waals surface area contributed by atoms with Crippen molar-refractivity contribution in [1.29, 1.82) is 0 Å². The normalized spacial score (nSPS) is 21.3. The number of non-ortho nitro benzene ring substituents is 1. The summed E-state index contributed by atoms with van der Waals surface area (Å²) in [5.74, 6) is 0. The van der Waals surface area contributed by atoms with Gasteiger partial charge in [-0.1, -0.05) is 0 Å². The van der Waals surface area contributed by atoms with E-state index in [0.717, 1.165) is 24.8 Å². The predicted octanol–water partition coefficient (Wildman–Crippen LogP) is 2.13. The molecule has 1 saturated carbocycles. The first-order valence-corrected chi connectivity index (χ1v) is 6.65. The fraction of sp³-hybridized carbons (Fsp3) is 0.571.